The number of hydrogen-bond donors (Lipinski definition) is 0. The van der Waals surface area contributed by atoms with Crippen molar-refractivity contribution < 1.29 is 18.3 Å². The van der Waals surface area contributed by atoms with Gasteiger partial charge in [-0.25, -0.2) is 4.99 Å². The molecule has 1 atom stereocenters. The Bertz CT molecular complexity index is 1650. The van der Waals surface area contributed by atoms with Crippen LogP contribution in [0.2, 0.25) is 0 Å². The number of furan rings is 2. The summed E-state index contributed by atoms with van der Waals surface area (Å²) in [7, 11) is 0. The van der Waals surface area contributed by atoms with Crippen LogP contribution in [0.1, 0.15) is 22.3 Å². The number of thioether (sulfide) groups is 1. The van der Waals surface area contributed by atoms with Gasteiger partial charge in [-0.1, -0.05) is 67.9 Å². The lowest BCUT2D eigenvalue weighted by atomic mass is 10.1. The average Bonchev–Trinajstić information content (AvgIpc) is 3.69. The molecule has 5 aromatic rings. The Hall–Kier alpha value is -3.20. The van der Waals surface area contributed by atoms with Gasteiger partial charge in [-0.3, -0.25) is 0 Å². The van der Waals surface area contributed by atoms with E-state index < -0.39 is 0 Å². The fourth-order valence-electron chi connectivity index (χ4n) is 4.37. The molecular formula is C29H17Br2NO4S. The molecule has 5 nitrogen and oxygen atoms in total. The van der Waals surface area contributed by atoms with Gasteiger partial charge in [-0.2, -0.15) is 0 Å². The van der Waals surface area contributed by atoms with Crippen LogP contribution in [0.15, 0.2) is 108 Å². The van der Waals surface area contributed by atoms with Gasteiger partial charge in [0.05, 0.1) is 10.9 Å². The summed E-state index contributed by atoms with van der Waals surface area (Å²) in [5.41, 5.74) is 3.84. The molecule has 0 N–H and O–H groups in total. The SMILES string of the molecule is Brc1ccc(-c2ccc(C3=Nc4cc5c(cc4C(c4ccc(-c6ccc(Br)cc6)o4)S3)OCO5)o2)cc1. The van der Waals surface area contributed by atoms with Crippen LogP contribution in [0.3, 0.4) is 0 Å². The molecule has 2 aliphatic rings. The Morgan fingerprint density at radius 2 is 1.27 bits per heavy atom. The van der Waals surface area contributed by atoms with Crippen molar-refractivity contribution in [1.29, 1.82) is 0 Å². The van der Waals surface area contributed by atoms with Gasteiger partial charge in [0, 0.05) is 31.7 Å². The predicted octanol–water partition coefficient (Wildman–Crippen LogP) is 9.37. The number of ether oxygens (including phenoxy) is 2. The van der Waals surface area contributed by atoms with E-state index in [1.165, 1.54) is 0 Å². The number of benzene rings is 3. The maximum atomic E-state index is 6.40. The molecule has 0 saturated heterocycles. The molecule has 0 saturated carbocycles. The fourth-order valence-corrected chi connectivity index (χ4v) is 6.06. The second-order valence-electron chi connectivity index (χ2n) is 8.56. The van der Waals surface area contributed by atoms with Crippen molar-refractivity contribution in [2.45, 2.75) is 5.25 Å². The molecule has 4 heterocycles. The second-order valence-corrected chi connectivity index (χ2v) is 11.5. The normalized spacial score (nSPS) is 15.9. The van der Waals surface area contributed by atoms with Gasteiger partial charge in [-0.15, -0.1) is 0 Å². The van der Waals surface area contributed by atoms with Crippen molar-refractivity contribution in [2.24, 2.45) is 4.99 Å². The van der Waals surface area contributed by atoms with Crippen molar-refractivity contribution in [3.05, 3.63) is 111 Å². The van der Waals surface area contributed by atoms with Gasteiger partial charge in [0.1, 0.15) is 22.3 Å². The highest BCUT2D eigenvalue weighted by Gasteiger charge is 2.32. The van der Waals surface area contributed by atoms with Crippen LogP contribution >= 0.6 is 43.6 Å². The first-order valence-corrected chi connectivity index (χ1v) is 14.0. The minimum Gasteiger partial charge on any atom is -0.460 e. The van der Waals surface area contributed by atoms with Crippen molar-refractivity contribution in [1.82, 2.24) is 0 Å². The van der Waals surface area contributed by atoms with Crippen LogP contribution in [-0.4, -0.2) is 11.8 Å². The van der Waals surface area contributed by atoms with E-state index in [1.807, 2.05) is 84.9 Å². The minimum atomic E-state index is -0.137. The molecule has 8 heteroatoms. The van der Waals surface area contributed by atoms with Crippen molar-refractivity contribution in [3.8, 4) is 34.1 Å². The first-order chi connectivity index (χ1) is 18.1. The van der Waals surface area contributed by atoms with E-state index >= 15 is 0 Å². The van der Waals surface area contributed by atoms with E-state index in [1.54, 1.807) is 11.8 Å². The lowest BCUT2D eigenvalue weighted by molar-refractivity contribution is 0.174. The van der Waals surface area contributed by atoms with E-state index in [2.05, 4.69) is 31.9 Å². The van der Waals surface area contributed by atoms with Gasteiger partial charge >= 0.3 is 0 Å². The summed E-state index contributed by atoms with van der Waals surface area (Å²) in [6.45, 7) is 0.204. The number of nitrogens with zero attached hydrogens (tertiary/aromatic N) is 1. The number of rotatable bonds is 4. The quantitative estimate of drug-likeness (QED) is 0.197. The van der Waals surface area contributed by atoms with Crippen LogP contribution in [0.5, 0.6) is 11.5 Å². The van der Waals surface area contributed by atoms with E-state index in [9.17, 15) is 0 Å². The van der Waals surface area contributed by atoms with Crippen LogP contribution < -0.4 is 9.47 Å². The number of fused-ring (bicyclic) bond motifs is 2. The summed E-state index contributed by atoms with van der Waals surface area (Å²) >= 11 is 8.58. The molecule has 182 valence electrons. The average molecular weight is 635 g/mol. The largest absolute Gasteiger partial charge is 0.460 e. The Morgan fingerprint density at radius 3 is 1.97 bits per heavy atom. The zero-order valence-corrected chi connectivity index (χ0v) is 23.1. The standard InChI is InChI=1S/C29H17Br2NO4S/c30-18-5-1-16(2-6-18)22-9-11-24(35-22)28-20-13-26-27(34-15-33-26)14-21(20)32-29(37-28)25-12-10-23(36-25)17-3-7-19(31)8-4-17/h1-14,28H,15H2. The van der Waals surface area contributed by atoms with Gasteiger partial charge < -0.3 is 18.3 Å². The molecule has 7 rings (SSSR count). The van der Waals surface area contributed by atoms with E-state index in [4.69, 9.17) is 23.3 Å². The maximum Gasteiger partial charge on any atom is 0.231 e. The molecule has 0 amide bonds. The first kappa shape index (κ1) is 23.0. The maximum absolute atomic E-state index is 6.40. The van der Waals surface area contributed by atoms with Gasteiger partial charge in [0.2, 0.25) is 6.79 Å². The minimum absolute atomic E-state index is 0.137. The number of halogens is 2. The van der Waals surface area contributed by atoms with E-state index in [-0.39, 0.29) is 12.0 Å². The summed E-state index contributed by atoms with van der Waals surface area (Å²) in [4.78, 5) is 4.96. The van der Waals surface area contributed by atoms with Crippen molar-refractivity contribution in [2.75, 3.05) is 6.79 Å². The molecule has 3 aromatic carbocycles. The number of aliphatic imine (C=N–C) groups is 1. The number of hydrogen-bond acceptors (Lipinski definition) is 6. The third kappa shape index (κ3) is 4.33. The van der Waals surface area contributed by atoms with Crippen molar-refractivity contribution >= 4 is 54.4 Å². The first-order valence-electron chi connectivity index (χ1n) is 11.5. The summed E-state index contributed by atoms with van der Waals surface area (Å²) in [6.07, 6.45) is 0. The lowest BCUT2D eigenvalue weighted by Crippen LogP contribution is -2.07. The van der Waals surface area contributed by atoms with Crippen LogP contribution in [-0.2, 0) is 0 Å². The Balaban J connectivity index is 1.28. The highest BCUT2D eigenvalue weighted by Crippen LogP contribution is 2.51. The molecule has 37 heavy (non-hydrogen) atoms. The fraction of sp³-hybridized carbons (Fsp3) is 0.0690. The zero-order valence-electron chi connectivity index (χ0n) is 19.1. The molecule has 0 aliphatic carbocycles. The topological polar surface area (TPSA) is 57.1 Å². The zero-order chi connectivity index (χ0) is 24.9. The molecule has 2 aromatic heterocycles. The Morgan fingerprint density at radius 1 is 0.676 bits per heavy atom. The molecule has 0 radical (unpaired) electrons. The summed E-state index contributed by atoms with van der Waals surface area (Å²) in [5.74, 6) is 4.54. The molecule has 2 aliphatic heterocycles. The van der Waals surface area contributed by atoms with E-state index in [0.29, 0.717) is 11.5 Å². The van der Waals surface area contributed by atoms with Gasteiger partial charge in [0.25, 0.3) is 0 Å². The van der Waals surface area contributed by atoms with Gasteiger partial charge in [0.15, 0.2) is 17.3 Å². The molecule has 1 unspecified atom stereocenters. The Kier molecular flexibility index (Phi) is 5.75. The summed E-state index contributed by atoms with van der Waals surface area (Å²) in [6, 6.07) is 28.0. The molecule has 0 spiro atoms. The molecular weight excluding hydrogens is 618 g/mol. The van der Waals surface area contributed by atoms with Crippen LogP contribution in [0.25, 0.3) is 22.6 Å². The smallest absolute Gasteiger partial charge is 0.231 e. The van der Waals surface area contributed by atoms with Crippen LogP contribution in [0.4, 0.5) is 5.69 Å². The third-order valence-electron chi connectivity index (χ3n) is 6.22. The van der Waals surface area contributed by atoms with Gasteiger partial charge in [-0.05, 0) is 54.6 Å². The summed E-state index contributed by atoms with van der Waals surface area (Å²) < 4.78 is 26.0. The third-order valence-corrected chi connectivity index (χ3v) is 8.51. The molecule has 0 fully saturated rings. The van der Waals surface area contributed by atoms with Crippen molar-refractivity contribution in [3.63, 3.8) is 0 Å². The summed E-state index contributed by atoms with van der Waals surface area (Å²) in [5, 5.41) is 0.642. The van der Waals surface area contributed by atoms with Crippen LogP contribution in [0, 0.1) is 0 Å². The monoisotopic (exact) mass is 633 g/mol. The predicted molar refractivity (Wildman–Crippen MR) is 152 cm³/mol. The second kappa shape index (κ2) is 9.28. The Labute approximate surface area is 233 Å². The molecule has 0 bridgehead atoms. The lowest BCUT2D eigenvalue weighted by Gasteiger charge is -2.22. The highest BCUT2D eigenvalue weighted by atomic mass is 79.9. The highest BCUT2D eigenvalue weighted by molar-refractivity contribution is 9.10. The van der Waals surface area contributed by atoms with E-state index in [0.717, 1.165) is 59.4 Å².